The predicted molar refractivity (Wildman–Crippen MR) is 61.7 cm³/mol. The molecule has 0 spiro atoms. The first-order valence-corrected chi connectivity index (χ1v) is 5.48. The van der Waals surface area contributed by atoms with Gasteiger partial charge in [-0.05, 0) is 11.3 Å². The summed E-state index contributed by atoms with van der Waals surface area (Å²) in [6, 6.07) is 0. The molecule has 2 heteroatoms. The van der Waals surface area contributed by atoms with E-state index in [-0.39, 0.29) is 0 Å². The number of hydrogen-bond acceptors (Lipinski definition) is 0. The van der Waals surface area contributed by atoms with Crippen molar-refractivity contribution >= 4 is 15.1 Å². The third-order valence-corrected chi connectivity index (χ3v) is 3.48. The van der Waals surface area contributed by atoms with Crippen molar-refractivity contribution in [3.05, 3.63) is 0 Å². The Balaban J connectivity index is 2.57. The van der Waals surface area contributed by atoms with Crippen molar-refractivity contribution in [2.45, 2.75) is 58.5 Å². The van der Waals surface area contributed by atoms with Crippen LogP contribution in [0.1, 0.15) is 40.0 Å². The van der Waals surface area contributed by atoms with Crippen LogP contribution in [0.4, 0.5) is 0 Å². The quantitative estimate of drug-likeness (QED) is 0.536. The maximum absolute atomic E-state index is 6.07. The van der Waals surface area contributed by atoms with E-state index < -0.39 is 0 Å². The molecule has 71 valence electrons. The number of rotatable bonds is 1. The lowest BCUT2D eigenvalue weighted by atomic mass is 9.51. The first-order chi connectivity index (χ1) is 5.93. The van der Waals surface area contributed by atoms with Gasteiger partial charge in [-0.25, -0.2) is 0 Å². The van der Waals surface area contributed by atoms with Gasteiger partial charge in [-0.15, -0.1) is 0 Å². The van der Waals surface area contributed by atoms with E-state index in [1.54, 1.807) is 0 Å². The molecule has 1 aliphatic rings. The summed E-state index contributed by atoms with van der Waals surface area (Å²) in [6.07, 6.45) is 3.75. The standard InChI is InChI=1S/C11H21B2/c1-11(2,3)8-5-9(12)7-10(6-8)13-4/h8-10H,5-7H2,1-4H3. The second-order valence-electron chi connectivity index (χ2n) is 5.62. The normalized spacial score (nSPS) is 35.8. The summed E-state index contributed by atoms with van der Waals surface area (Å²) >= 11 is 0. The molecule has 3 radical (unpaired) electrons. The molecule has 0 saturated heterocycles. The van der Waals surface area contributed by atoms with Crippen LogP contribution in [0.5, 0.6) is 0 Å². The molecule has 1 rings (SSSR count). The van der Waals surface area contributed by atoms with Crippen molar-refractivity contribution in [2.24, 2.45) is 11.3 Å². The van der Waals surface area contributed by atoms with Crippen LogP contribution in [-0.2, 0) is 0 Å². The highest BCUT2D eigenvalue weighted by atomic mass is 14.3. The Morgan fingerprint density at radius 1 is 1.15 bits per heavy atom. The van der Waals surface area contributed by atoms with Gasteiger partial charge < -0.3 is 0 Å². The maximum Gasteiger partial charge on any atom is 0.110 e. The zero-order chi connectivity index (χ0) is 10.1. The van der Waals surface area contributed by atoms with Gasteiger partial charge in [0.15, 0.2) is 0 Å². The van der Waals surface area contributed by atoms with Crippen molar-refractivity contribution in [2.75, 3.05) is 0 Å². The van der Waals surface area contributed by atoms with Crippen molar-refractivity contribution in [3.8, 4) is 0 Å². The van der Waals surface area contributed by atoms with Gasteiger partial charge in [-0.2, -0.15) is 0 Å². The van der Waals surface area contributed by atoms with Gasteiger partial charge >= 0.3 is 0 Å². The van der Waals surface area contributed by atoms with E-state index in [9.17, 15) is 0 Å². The van der Waals surface area contributed by atoms with Crippen molar-refractivity contribution in [1.29, 1.82) is 0 Å². The molecule has 0 aromatic carbocycles. The summed E-state index contributed by atoms with van der Waals surface area (Å²) in [4.78, 5) is 0. The first-order valence-electron chi connectivity index (χ1n) is 5.48. The zero-order valence-corrected chi connectivity index (χ0v) is 9.51. The van der Waals surface area contributed by atoms with E-state index >= 15 is 0 Å². The lowest BCUT2D eigenvalue weighted by Crippen LogP contribution is -2.28. The molecule has 3 atom stereocenters. The van der Waals surface area contributed by atoms with Gasteiger partial charge in [0, 0.05) is 0 Å². The third kappa shape index (κ3) is 3.07. The summed E-state index contributed by atoms with van der Waals surface area (Å²) in [5.74, 6) is 1.99. The van der Waals surface area contributed by atoms with E-state index in [1.165, 1.54) is 19.3 Å². The molecule has 0 aliphatic heterocycles. The Hall–Kier alpha value is 0.130. The predicted octanol–water partition coefficient (Wildman–Crippen LogP) is 3.33. The van der Waals surface area contributed by atoms with Crippen LogP contribution in [0.2, 0.25) is 18.5 Å². The SMILES string of the molecule is [B]C1CC([B]C)CC(C(C)(C)C)C1. The summed E-state index contributed by atoms with van der Waals surface area (Å²) in [5.41, 5.74) is 0.430. The monoisotopic (exact) mass is 175 g/mol. The fourth-order valence-corrected chi connectivity index (χ4v) is 2.39. The molecule has 0 amide bonds. The molecule has 0 bridgehead atoms. The highest BCUT2D eigenvalue weighted by molar-refractivity contribution is 6.35. The minimum absolute atomic E-state index is 0.430. The summed E-state index contributed by atoms with van der Waals surface area (Å²) in [5, 5.41) is 0. The van der Waals surface area contributed by atoms with Crippen LogP contribution in [0, 0.1) is 11.3 Å². The van der Waals surface area contributed by atoms with Crippen LogP contribution in [0.25, 0.3) is 0 Å². The van der Waals surface area contributed by atoms with Gasteiger partial charge in [0.2, 0.25) is 0 Å². The van der Waals surface area contributed by atoms with E-state index in [0.29, 0.717) is 11.2 Å². The smallest absolute Gasteiger partial charge is 0.0917 e. The Labute approximate surface area is 85.5 Å². The van der Waals surface area contributed by atoms with Crippen molar-refractivity contribution in [1.82, 2.24) is 0 Å². The lowest BCUT2D eigenvalue weighted by molar-refractivity contribution is 0.180. The Morgan fingerprint density at radius 2 is 1.77 bits per heavy atom. The third-order valence-electron chi connectivity index (χ3n) is 3.48. The average molecular weight is 175 g/mol. The molecular formula is C11H21B2. The largest absolute Gasteiger partial charge is 0.110 e. The lowest BCUT2D eigenvalue weighted by Gasteiger charge is -2.40. The molecule has 1 aliphatic carbocycles. The molecule has 0 aromatic heterocycles. The van der Waals surface area contributed by atoms with Gasteiger partial charge in [-0.3, -0.25) is 0 Å². The summed E-state index contributed by atoms with van der Waals surface area (Å²) < 4.78 is 0. The molecule has 0 N–H and O–H groups in total. The van der Waals surface area contributed by atoms with E-state index in [1.807, 2.05) is 0 Å². The molecule has 1 saturated carbocycles. The Morgan fingerprint density at radius 3 is 2.23 bits per heavy atom. The first kappa shape index (κ1) is 11.2. The maximum atomic E-state index is 6.07. The average Bonchev–Trinajstić information content (AvgIpc) is 2.01. The van der Waals surface area contributed by atoms with Crippen LogP contribution < -0.4 is 0 Å². The Kier molecular flexibility index (Phi) is 3.54. The van der Waals surface area contributed by atoms with Gasteiger partial charge in [0.05, 0.1) is 7.85 Å². The zero-order valence-electron chi connectivity index (χ0n) is 9.51. The van der Waals surface area contributed by atoms with E-state index in [0.717, 1.165) is 11.7 Å². The van der Waals surface area contributed by atoms with Gasteiger partial charge in [0.25, 0.3) is 0 Å². The second-order valence-corrected chi connectivity index (χ2v) is 5.62. The fourth-order valence-electron chi connectivity index (χ4n) is 2.39. The second kappa shape index (κ2) is 4.11. The number of hydrogen-bond donors (Lipinski definition) is 0. The topological polar surface area (TPSA) is 0 Å². The molecular weight excluding hydrogens is 154 g/mol. The summed E-state index contributed by atoms with van der Waals surface area (Å²) in [6.45, 7) is 9.18. The fraction of sp³-hybridized carbons (Fsp3) is 1.00. The molecule has 1 fully saturated rings. The minimum Gasteiger partial charge on any atom is -0.0917 e. The highest BCUT2D eigenvalue weighted by Crippen LogP contribution is 2.45. The molecule has 13 heavy (non-hydrogen) atoms. The van der Waals surface area contributed by atoms with Crippen LogP contribution in [-0.4, -0.2) is 15.1 Å². The van der Waals surface area contributed by atoms with Crippen LogP contribution in [0.3, 0.4) is 0 Å². The van der Waals surface area contributed by atoms with Crippen LogP contribution >= 0.6 is 0 Å². The van der Waals surface area contributed by atoms with Crippen LogP contribution in [0.15, 0.2) is 0 Å². The molecule has 0 aromatic rings. The van der Waals surface area contributed by atoms with E-state index in [4.69, 9.17) is 7.85 Å². The minimum atomic E-state index is 0.430. The molecule has 0 heterocycles. The van der Waals surface area contributed by atoms with Crippen molar-refractivity contribution in [3.63, 3.8) is 0 Å². The van der Waals surface area contributed by atoms with Gasteiger partial charge in [0.1, 0.15) is 7.28 Å². The summed E-state index contributed by atoms with van der Waals surface area (Å²) in [7, 11) is 8.40. The highest BCUT2D eigenvalue weighted by Gasteiger charge is 2.32. The van der Waals surface area contributed by atoms with Gasteiger partial charge in [-0.1, -0.05) is 58.5 Å². The Bertz CT molecular complexity index is 160. The molecule has 3 unspecified atom stereocenters. The van der Waals surface area contributed by atoms with Crippen molar-refractivity contribution < 1.29 is 0 Å². The van der Waals surface area contributed by atoms with E-state index in [2.05, 4.69) is 34.9 Å². The molecule has 0 nitrogen and oxygen atoms in total.